The first-order valence-electron chi connectivity index (χ1n) is 7.31. The summed E-state index contributed by atoms with van der Waals surface area (Å²) >= 11 is 1.00. The summed E-state index contributed by atoms with van der Waals surface area (Å²) in [6.45, 7) is 0.659. The van der Waals surface area contributed by atoms with Crippen LogP contribution in [0, 0.1) is 0 Å². The second kappa shape index (κ2) is 6.60. The van der Waals surface area contributed by atoms with Crippen LogP contribution in [0.5, 0.6) is 11.5 Å². The van der Waals surface area contributed by atoms with Gasteiger partial charge in [-0.25, -0.2) is 4.79 Å². The van der Waals surface area contributed by atoms with E-state index in [9.17, 15) is 14.4 Å². The molecule has 2 heterocycles. The van der Waals surface area contributed by atoms with Gasteiger partial charge in [-0.1, -0.05) is 17.8 Å². The molecule has 2 saturated heterocycles. The molecule has 0 saturated carbocycles. The van der Waals surface area contributed by atoms with Crippen LogP contribution < -0.4 is 14.8 Å². The Labute approximate surface area is 143 Å². The van der Waals surface area contributed by atoms with E-state index in [4.69, 9.17) is 9.47 Å². The first-order valence-corrected chi connectivity index (χ1v) is 8.29. The van der Waals surface area contributed by atoms with Crippen LogP contribution in [0.3, 0.4) is 0 Å². The largest absolute Gasteiger partial charge is 0.493 e. The molecule has 3 rings (SSSR count). The zero-order valence-electron chi connectivity index (χ0n) is 13.3. The van der Waals surface area contributed by atoms with Crippen molar-refractivity contribution in [1.82, 2.24) is 9.80 Å². The van der Waals surface area contributed by atoms with Crippen LogP contribution in [-0.2, 0) is 4.79 Å². The third kappa shape index (κ3) is 2.86. The van der Waals surface area contributed by atoms with Gasteiger partial charge in [-0.3, -0.25) is 14.5 Å². The van der Waals surface area contributed by atoms with Gasteiger partial charge in [0.1, 0.15) is 0 Å². The molecule has 0 spiro atoms. The molecule has 0 aromatic heterocycles. The number of hydrogen-bond acceptors (Lipinski definition) is 6. The molecule has 128 valence electrons. The van der Waals surface area contributed by atoms with Gasteiger partial charge in [-0.15, -0.1) is 0 Å². The van der Waals surface area contributed by atoms with E-state index in [-0.39, 0.29) is 29.0 Å². The fraction of sp³-hybridized carbons (Fsp3) is 0.400. The van der Waals surface area contributed by atoms with Crippen LogP contribution in [0.2, 0.25) is 0 Å². The Morgan fingerprint density at radius 3 is 2.58 bits per heavy atom. The molecule has 8 nitrogen and oxygen atoms in total. The van der Waals surface area contributed by atoms with E-state index < -0.39 is 0 Å². The molecule has 1 N–H and O–H groups in total. The van der Waals surface area contributed by atoms with Crippen molar-refractivity contribution >= 4 is 34.6 Å². The Balaban J connectivity index is 1.62. The first kappa shape index (κ1) is 16.4. The number of methoxy groups -OCH3 is 2. The lowest BCUT2D eigenvalue weighted by Crippen LogP contribution is -2.62. The highest BCUT2D eigenvalue weighted by Crippen LogP contribution is 2.35. The fourth-order valence-corrected chi connectivity index (χ4v) is 3.46. The van der Waals surface area contributed by atoms with E-state index >= 15 is 0 Å². The number of nitrogens with one attached hydrogen (secondary N) is 1. The lowest BCUT2D eigenvalue weighted by atomic mass is 10.1. The second-order valence-electron chi connectivity index (χ2n) is 5.35. The van der Waals surface area contributed by atoms with Gasteiger partial charge < -0.3 is 19.7 Å². The molecule has 1 aromatic rings. The molecule has 0 radical (unpaired) electrons. The first-order chi connectivity index (χ1) is 11.5. The number of rotatable bonds is 4. The van der Waals surface area contributed by atoms with Crippen LogP contribution in [0.15, 0.2) is 18.2 Å². The number of likely N-dealkylation sites (tertiary alicyclic amines) is 1. The topological polar surface area (TPSA) is 88.2 Å². The molecule has 4 amide bonds. The quantitative estimate of drug-likeness (QED) is 0.887. The van der Waals surface area contributed by atoms with Crippen molar-refractivity contribution in [3.63, 3.8) is 0 Å². The minimum atomic E-state index is -0.315. The number of imide groups is 1. The normalized spacial score (nSPS) is 17.8. The SMILES string of the molecule is COc1cccc(NC(=O)N2CC(N3C(=O)CSC3=O)C2)c1OC. The van der Waals surface area contributed by atoms with Gasteiger partial charge in [0.05, 0.1) is 31.7 Å². The van der Waals surface area contributed by atoms with Crippen molar-refractivity contribution in [3.05, 3.63) is 18.2 Å². The van der Waals surface area contributed by atoms with Gasteiger partial charge in [0, 0.05) is 13.1 Å². The van der Waals surface area contributed by atoms with Gasteiger partial charge in [0.15, 0.2) is 11.5 Å². The average molecular weight is 351 g/mol. The lowest BCUT2D eigenvalue weighted by Gasteiger charge is -2.42. The number of hydrogen-bond donors (Lipinski definition) is 1. The molecule has 0 unspecified atom stereocenters. The summed E-state index contributed by atoms with van der Waals surface area (Å²) in [4.78, 5) is 38.4. The average Bonchev–Trinajstić information content (AvgIpc) is 2.85. The van der Waals surface area contributed by atoms with E-state index in [0.29, 0.717) is 30.3 Å². The van der Waals surface area contributed by atoms with Crippen LogP contribution >= 0.6 is 11.8 Å². The number of nitrogens with zero attached hydrogens (tertiary/aromatic N) is 2. The summed E-state index contributed by atoms with van der Waals surface area (Å²) in [5.41, 5.74) is 0.495. The summed E-state index contributed by atoms with van der Waals surface area (Å²) in [6.07, 6.45) is 0. The summed E-state index contributed by atoms with van der Waals surface area (Å²) in [6, 6.07) is 4.63. The van der Waals surface area contributed by atoms with Crippen molar-refractivity contribution in [3.8, 4) is 11.5 Å². The summed E-state index contributed by atoms with van der Waals surface area (Å²) in [7, 11) is 3.01. The molecule has 2 aliphatic heterocycles. The molecule has 1 aromatic carbocycles. The molecule has 0 bridgehead atoms. The third-order valence-corrected chi connectivity index (χ3v) is 4.78. The Morgan fingerprint density at radius 1 is 1.25 bits per heavy atom. The lowest BCUT2D eigenvalue weighted by molar-refractivity contribution is -0.128. The Bertz CT molecular complexity index is 674. The maximum atomic E-state index is 12.3. The van der Waals surface area contributed by atoms with Crippen molar-refractivity contribution in [1.29, 1.82) is 0 Å². The molecule has 24 heavy (non-hydrogen) atoms. The van der Waals surface area contributed by atoms with E-state index in [2.05, 4.69) is 5.32 Å². The minimum Gasteiger partial charge on any atom is -0.493 e. The predicted octanol–water partition coefficient (Wildman–Crippen LogP) is 1.62. The standard InChI is InChI=1S/C15H17N3O5S/c1-22-11-5-3-4-10(13(11)23-2)16-14(20)17-6-9(7-17)18-12(19)8-24-15(18)21/h3-5,9H,6-8H2,1-2H3,(H,16,20). The van der Waals surface area contributed by atoms with E-state index in [1.807, 2.05) is 0 Å². The second-order valence-corrected chi connectivity index (χ2v) is 6.27. The van der Waals surface area contributed by atoms with Crippen molar-refractivity contribution < 1.29 is 23.9 Å². The zero-order valence-corrected chi connectivity index (χ0v) is 14.1. The molecule has 0 atom stereocenters. The van der Waals surface area contributed by atoms with Crippen LogP contribution in [0.25, 0.3) is 0 Å². The van der Waals surface area contributed by atoms with Crippen LogP contribution in [0.1, 0.15) is 0 Å². The summed E-state index contributed by atoms with van der Waals surface area (Å²) in [5.74, 6) is 0.945. The monoisotopic (exact) mass is 351 g/mol. The maximum absolute atomic E-state index is 12.3. The van der Waals surface area contributed by atoms with E-state index in [1.165, 1.54) is 24.0 Å². The molecular formula is C15H17N3O5S. The van der Waals surface area contributed by atoms with Gasteiger partial charge in [0.25, 0.3) is 5.24 Å². The molecular weight excluding hydrogens is 334 g/mol. The molecule has 0 aliphatic carbocycles. The van der Waals surface area contributed by atoms with Gasteiger partial charge in [0.2, 0.25) is 5.91 Å². The van der Waals surface area contributed by atoms with E-state index in [0.717, 1.165) is 11.8 Å². The van der Waals surface area contributed by atoms with Crippen molar-refractivity contribution in [2.24, 2.45) is 0 Å². The smallest absolute Gasteiger partial charge is 0.322 e. The number of carbonyl (C=O) groups is 3. The minimum absolute atomic E-state index is 0.183. The third-order valence-electron chi connectivity index (χ3n) is 3.94. The zero-order chi connectivity index (χ0) is 17.3. The van der Waals surface area contributed by atoms with Gasteiger partial charge >= 0.3 is 6.03 Å². The number of anilines is 1. The number of ether oxygens (including phenoxy) is 2. The highest BCUT2D eigenvalue weighted by atomic mass is 32.2. The number of urea groups is 1. The summed E-state index contributed by atoms with van der Waals surface area (Å²) < 4.78 is 10.5. The Kier molecular flexibility index (Phi) is 4.52. The van der Waals surface area contributed by atoms with Gasteiger partial charge in [-0.2, -0.15) is 0 Å². The van der Waals surface area contributed by atoms with Gasteiger partial charge in [-0.05, 0) is 12.1 Å². The number of benzene rings is 1. The Morgan fingerprint density at radius 2 is 2.00 bits per heavy atom. The highest BCUT2D eigenvalue weighted by Gasteiger charge is 2.43. The molecule has 2 fully saturated rings. The highest BCUT2D eigenvalue weighted by molar-refractivity contribution is 8.14. The number of amides is 4. The molecule has 2 aliphatic rings. The number of para-hydroxylation sites is 1. The van der Waals surface area contributed by atoms with Crippen molar-refractivity contribution in [2.75, 3.05) is 38.4 Å². The van der Waals surface area contributed by atoms with Crippen molar-refractivity contribution in [2.45, 2.75) is 6.04 Å². The number of carbonyl (C=O) groups excluding carboxylic acids is 3. The maximum Gasteiger partial charge on any atom is 0.322 e. The van der Waals surface area contributed by atoms with Crippen LogP contribution in [0.4, 0.5) is 15.3 Å². The number of thioether (sulfide) groups is 1. The molecule has 9 heteroatoms. The summed E-state index contributed by atoms with van der Waals surface area (Å²) in [5, 5.41) is 2.52. The van der Waals surface area contributed by atoms with E-state index in [1.54, 1.807) is 18.2 Å². The Hall–Kier alpha value is -2.42. The van der Waals surface area contributed by atoms with Crippen LogP contribution in [-0.4, -0.2) is 66.1 Å². The fourth-order valence-electron chi connectivity index (χ4n) is 2.68. The predicted molar refractivity (Wildman–Crippen MR) is 88.6 cm³/mol.